The highest BCUT2D eigenvalue weighted by atomic mass is 19.1. The molecule has 0 radical (unpaired) electrons. The summed E-state index contributed by atoms with van der Waals surface area (Å²) in [6.07, 6.45) is 2.09. The quantitative estimate of drug-likeness (QED) is 0.895. The summed E-state index contributed by atoms with van der Waals surface area (Å²) < 4.78 is 32.5. The van der Waals surface area contributed by atoms with E-state index in [-0.39, 0.29) is 17.7 Å². The Morgan fingerprint density at radius 3 is 2.89 bits per heavy atom. The normalized spacial score (nSPS) is 19.0. The first-order chi connectivity index (χ1) is 8.61. The highest BCUT2D eigenvalue weighted by Crippen LogP contribution is 2.23. The van der Waals surface area contributed by atoms with Gasteiger partial charge in [0, 0.05) is 33.3 Å². The molecule has 2 rings (SSSR count). The molecular weight excluding hydrogens is 240 g/mol. The van der Waals surface area contributed by atoms with E-state index in [1.54, 1.807) is 19.0 Å². The molecule has 1 saturated heterocycles. The van der Waals surface area contributed by atoms with Crippen LogP contribution >= 0.6 is 0 Å². The number of ether oxygens (including phenoxy) is 1. The summed E-state index contributed by atoms with van der Waals surface area (Å²) in [7, 11) is 3.28. The zero-order chi connectivity index (χ0) is 13.1. The SMILES string of the molecule is CNc1nc(N(C)CC2CCCO2)c(F)cc1F. The van der Waals surface area contributed by atoms with E-state index in [0.717, 1.165) is 25.5 Å². The van der Waals surface area contributed by atoms with Crippen LogP contribution in [0.25, 0.3) is 0 Å². The van der Waals surface area contributed by atoms with Crippen molar-refractivity contribution in [1.29, 1.82) is 0 Å². The molecule has 1 aliphatic rings. The average Bonchev–Trinajstić information content (AvgIpc) is 2.81. The summed E-state index contributed by atoms with van der Waals surface area (Å²) in [4.78, 5) is 5.60. The molecule has 0 aromatic carbocycles. The molecule has 100 valence electrons. The number of nitrogens with zero attached hydrogens (tertiary/aromatic N) is 2. The Bertz CT molecular complexity index is 422. The fourth-order valence-electron chi connectivity index (χ4n) is 2.08. The lowest BCUT2D eigenvalue weighted by Gasteiger charge is -2.22. The van der Waals surface area contributed by atoms with Crippen LogP contribution in [0.2, 0.25) is 0 Å². The monoisotopic (exact) mass is 257 g/mol. The second-order valence-corrected chi connectivity index (χ2v) is 4.39. The van der Waals surface area contributed by atoms with Crippen LogP contribution in [0.4, 0.5) is 20.4 Å². The molecule has 1 unspecified atom stereocenters. The minimum atomic E-state index is -0.690. The van der Waals surface area contributed by atoms with Gasteiger partial charge in [0.25, 0.3) is 0 Å². The van der Waals surface area contributed by atoms with Gasteiger partial charge in [0.05, 0.1) is 6.10 Å². The number of rotatable bonds is 4. The van der Waals surface area contributed by atoms with Crippen LogP contribution in [0.5, 0.6) is 0 Å². The summed E-state index contributed by atoms with van der Waals surface area (Å²) >= 11 is 0. The van der Waals surface area contributed by atoms with Crippen molar-refractivity contribution in [2.75, 3.05) is 37.5 Å². The van der Waals surface area contributed by atoms with Gasteiger partial charge in [-0.1, -0.05) is 0 Å². The molecule has 1 atom stereocenters. The number of hydrogen-bond acceptors (Lipinski definition) is 4. The number of pyridine rings is 1. The molecule has 1 fully saturated rings. The van der Waals surface area contributed by atoms with Gasteiger partial charge in [0.15, 0.2) is 23.3 Å². The molecule has 18 heavy (non-hydrogen) atoms. The van der Waals surface area contributed by atoms with Gasteiger partial charge < -0.3 is 15.0 Å². The maximum Gasteiger partial charge on any atom is 0.168 e. The molecule has 4 nitrogen and oxygen atoms in total. The molecule has 1 aromatic rings. The summed E-state index contributed by atoms with van der Waals surface area (Å²) in [5.41, 5.74) is 0. The summed E-state index contributed by atoms with van der Waals surface area (Å²) in [6, 6.07) is 0.847. The standard InChI is InChI=1S/C12H17F2N3O/c1-15-11-9(13)6-10(14)12(16-11)17(2)7-8-4-3-5-18-8/h6,8H,3-5,7H2,1-2H3,(H,15,16). The maximum atomic E-state index is 13.7. The molecule has 0 aliphatic carbocycles. The van der Waals surface area contributed by atoms with E-state index in [2.05, 4.69) is 10.3 Å². The Kier molecular flexibility index (Phi) is 3.96. The summed E-state index contributed by atoms with van der Waals surface area (Å²) in [5, 5.41) is 2.60. The second kappa shape index (κ2) is 5.48. The fourth-order valence-corrected chi connectivity index (χ4v) is 2.08. The third kappa shape index (κ3) is 2.69. The molecule has 0 saturated carbocycles. The van der Waals surface area contributed by atoms with Crippen molar-refractivity contribution in [3.63, 3.8) is 0 Å². The van der Waals surface area contributed by atoms with Crippen LogP contribution in [-0.4, -0.2) is 38.3 Å². The van der Waals surface area contributed by atoms with Crippen LogP contribution in [0.1, 0.15) is 12.8 Å². The van der Waals surface area contributed by atoms with Gasteiger partial charge in [-0.3, -0.25) is 0 Å². The highest BCUT2D eigenvalue weighted by Gasteiger charge is 2.21. The van der Waals surface area contributed by atoms with E-state index in [4.69, 9.17) is 4.74 Å². The number of halogens is 2. The topological polar surface area (TPSA) is 37.4 Å². The van der Waals surface area contributed by atoms with Crippen molar-refractivity contribution >= 4 is 11.6 Å². The molecular formula is C12H17F2N3O. The van der Waals surface area contributed by atoms with Crippen molar-refractivity contribution in [1.82, 2.24) is 4.98 Å². The van der Waals surface area contributed by atoms with Crippen LogP contribution < -0.4 is 10.2 Å². The number of anilines is 2. The molecule has 0 amide bonds. The molecule has 6 heteroatoms. The Labute approximate surface area is 105 Å². The van der Waals surface area contributed by atoms with Crippen molar-refractivity contribution in [3.8, 4) is 0 Å². The van der Waals surface area contributed by atoms with E-state index in [1.807, 2.05) is 0 Å². The molecule has 1 aliphatic heterocycles. The Hall–Kier alpha value is -1.43. The lowest BCUT2D eigenvalue weighted by atomic mass is 10.2. The van der Waals surface area contributed by atoms with E-state index in [0.29, 0.717) is 6.54 Å². The van der Waals surface area contributed by atoms with Crippen molar-refractivity contribution < 1.29 is 13.5 Å². The van der Waals surface area contributed by atoms with E-state index in [1.165, 1.54) is 0 Å². The molecule has 0 spiro atoms. The fraction of sp³-hybridized carbons (Fsp3) is 0.583. The summed E-state index contributed by atoms with van der Waals surface area (Å²) in [5.74, 6) is -1.17. The van der Waals surface area contributed by atoms with Crippen LogP contribution in [-0.2, 0) is 4.74 Å². The van der Waals surface area contributed by atoms with Gasteiger partial charge in [-0.2, -0.15) is 0 Å². The van der Waals surface area contributed by atoms with Crippen LogP contribution in [0, 0.1) is 11.6 Å². The predicted octanol–water partition coefficient (Wildman–Crippen LogP) is 2.02. The number of nitrogens with one attached hydrogen (secondary N) is 1. The lowest BCUT2D eigenvalue weighted by Crippen LogP contribution is -2.30. The number of likely N-dealkylation sites (N-methyl/N-ethyl adjacent to an activating group) is 1. The van der Waals surface area contributed by atoms with Gasteiger partial charge >= 0.3 is 0 Å². The van der Waals surface area contributed by atoms with Crippen molar-refractivity contribution in [3.05, 3.63) is 17.7 Å². The Morgan fingerprint density at radius 1 is 1.50 bits per heavy atom. The Morgan fingerprint density at radius 2 is 2.28 bits per heavy atom. The first kappa shape index (κ1) is 13.0. The predicted molar refractivity (Wildman–Crippen MR) is 65.9 cm³/mol. The van der Waals surface area contributed by atoms with Gasteiger partial charge in [-0.25, -0.2) is 13.8 Å². The second-order valence-electron chi connectivity index (χ2n) is 4.39. The highest BCUT2D eigenvalue weighted by molar-refractivity contribution is 5.48. The molecule has 1 aromatic heterocycles. The third-order valence-corrected chi connectivity index (χ3v) is 3.01. The van der Waals surface area contributed by atoms with Gasteiger partial charge in [0.2, 0.25) is 0 Å². The minimum absolute atomic E-state index is 0.0468. The van der Waals surface area contributed by atoms with Crippen molar-refractivity contribution in [2.24, 2.45) is 0 Å². The van der Waals surface area contributed by atoms with E-state index in [9.17, 15) is 8.78 Å². The van der Waals surface area contributed by atoms with Crippen molar-refractivity contribution in [2.45, 2.75) is 18.9 Å². The minimum Gasteiger partial charge on any atom is -0.376 e. The lowest BCUT2D eigenvalue weighted by molar-refractivity contribution is 0.116. The van der Waals surface area contributed by atoms with Crippen LogP contribution in [0.3, 0.4) is 0 Å². The first-order valence-corrected chi connectivity index (χ1v) is 5.98. The average molecular weight is 257 g/mol. The molecule has 2 heterocycles. The van der Waals surface area contributed by atoms with Gasteiger partial charge in [-0.05, 0) is 12.8 Å². The molecule has 0 bridgehead atoms. The molecule has 1 N–H and O–H groups in total. The zero-order valence-electron chi connectivity index (χ0n) is 10.5. The number of aromatic nitrogens is 1. The summed E-state index contributed by atoms with van der Waals surface area (Å²) in [6.45, 7) is 1.30. The third-order valence-electron chi connectivity index (χ3n) is 3.01. The Balaban J connectivity index is 2.15. The maximum absolute atomic E-state index is 13.7. The zero-order valence-corrected chi connectivity index (χ0v) is 10.5. The number of hydrogen-bond donors (Lipinski definition) is 1. The first-order valence-electron chi connectivity index (χ1n) is 5.98. The van der Waals surface area contributed by atoms with E-state index >= 15 is 0 Å². The largest absolute Gasteiger partial charge is 0.376 e. The van der Waals surface area contributed by atoms with Gasteiger partial charge in [0.1, 0.15) is 0 Å². The van der Waals surface area contributed by atoms with Crippen LogP contribution in [0.15, 0.2) is 6.07 Å². The van der Waals surface area contributed by atoms with E-state index < -0.39 is 11.6 Å². The van der Waals surface area contributed by atoms with Gasteiger partial charge in [-0.15, -0.1) is 0 Å². The smallest absolute Gasteiger partial charge is 0.168 e.